The first-order chi connectivity index (χ1) is 13.7. The number of amides is 1. The van der Waals surface area contributed by atoms with E-state index in [1.807, 2.05) is 0 Å². The number of hydrogen-bond donors (Lipinski definition) is 1. The van der Waals surface area contributed by atoms with Gasteiger partial charge in [-0.15, -0.1) is 0 Å². The average molecular weight is 405 g/mol. The van der Waals surface area contributed by atoms with Crippen molar-refractivity contribution < 1.29 is 27.4 Å². The lowest BCUT2D eigenvalue weighted by Crippen LogP contribution is -2.18. The zero-order valence-corrected chi connectivity index (χ0v) is 15.9. The van der Waals surface area contributed by atoms with Crippen LogP contribution >= 0.6 is 0 Å². The second kappa shape index (κ2) is 7.86. The van der Waals surface area contributed by atoms with E-state index in [4.69, 9.17) is 9.47 Å². The molecule has 29 heavy (non-hydrogen) atoms. The van der Waals surface area contributed by atoms with Crippen LogP contribution in [0.5, 0.6) is 11.5 Å². The molecule has 6 nitrogen and oxygen atoms in total. The van der Waals surface area contributed by atoms with Gasteiger partial charge in [-0.25, -0.2) is 4.68 Å². The molecule has 3 aromatic rings. The Morgan fingerprint density at radius 3 is 2.45 bits per heavy atom. The molecule has 0 spiro atoms. The van der Waals surface area contributed by atoms with Gasteiger partial charge in [0, 0.05) is 12.1 Å². The standard InChI is InChI=1S/C20H18F3N3O3/c1-12-10-18(24-19(27)14-9-8-13(28-2)11-17(14)29-3)26(25-12)16-7-5-4-6-15(16)20(21,22)23/h4-11H,1-3H3,(H,24,27). The van der Waals surface area contributed by atoms with Crippen LogP contribution in [0.25, 0.3) is 5.69 Å². The summed E-state index contributed by atoms with van der Waals surface area (Å²) in [5, 5.41) is 6.73. The van der Waals surface area contributed by atoms with Crippen LogP contribution in [0.2, 0.25) is 0 Å². The fourth-order valence-electron chi connectivity index (χ4n) is 2.84. The van der Waals surface area contributed by atoms with E-state index in [0.717, 1.165) is 10.7 Å². The van der Waals surface area contributed by atoms with Gasteiger partial charge in [0.25, 0.3) is 5.91 Å². The molecule has 9 heteroatoms. The van der Waals surface area contributed by atoms with Crippen molar-refractivity contribution in [2.24, 2.45) is 0 Å². The number of nitrogens with one attached hydrogen (secondary N) is 1. The third-order valence-electron chi connectivity index (χ3n) is 4.16. The molecule has 1 heterocycles. The van der Waals surface area contributed by atoms with E-state index < -0.39 is 17.6 Å². The van der Waals surface area contributed by atoms with E-state index in [2.05, 4.69) is 10.4 Å². The summed E-state index contributed by atoms with van der Waals surface area (Å²) < 4.78 is 51.6. The topological polar surface area (TPSA) is 65.4 Å². The fourth-order valence-corrected chi connectivity index (χ4v) is 2.84. The van der Waals surface area contributed by atoms with E-state index >= 15 is 0 Å². The molecule has 0 atom stereocenters. The van der Waals surface area contributed by atoms with Crippen LogP contribution in [-0.2, 0) is 6.18 Å². The Bertz CT molecular complexity index is 1040. The zero-order chi connectivity index (χ0) is 21.2. The van der Waals surface area contributed by atoms with Crippen molar-refractivity contribution in [3.63, 3.8) is 0 Å². The lowest BCUT2D eigenvalue weighted by atomic mass is 10.1. The number of carbonyl (C=O) groups excluding carboxylic acids is 1. The fraction of sp³-hybridized carbons (Fsp3) is 0.200. The van der Waals surface area contributed by atoms with Gasteiger partial charge in [-0.3, -0.25) is 4.79 Å². The van der Waals surface area contributed by atoms with Crippen LogP contribution in [-0.4, -0.2) is 29.9 Å². The van der Waals surface area contributed by atoms with Crippen LogP contribution in [0.3, 0.4) is 0 Å². The molecule has 0 radical (unpaired) electrons. The number of rotatable bonds is 5. The summed E-state index contributed by atoms with van der Waals surface area (Å²) in [7, 11) is 2.88. The molecule has 1 N–H and O–H groups in total. The summed E-state index contributed by atoms with van der Waals surface area (Å²) >= 11 is 0. The van der Waals surface area contributed by atoms with Crippen molar-refractivity contribution in [2.75, 3.05) is 19.5 Å². The smallest absolute Gasteiger partial charge is 0.418 e. The molecule has 1 amide bonds. The minimum absolute atomic E-state index is 0.0991. The van der Waals surface area contributed by atoms with Crippen LogP contribution in [0, 0.1) is 6.92 Å². The van der Waals surface area contributed by atoms with Crippen LogP contribution in [0.1, 0.15) is 21.6 Å². The number of para-hydroxylation sites is 1. The van der Waals surface area contributed by atoms with Gasteiger partial charge in [-0.2, -0.15) is 18.3 Å². The molecule has 2 aromatic carbocycles. The predicted octanol–water partition coefficient (Wildman–Crippen LogP) is 4.47. The normalized spacial score (nSPS) is 11.2. The summed E-state index contributed by atoms with van der Waals surface area (Å²) in [6.07, 6.45) is -4.57. The summed E-state index contributed by atoms with van der Waals surface area (Å²) in [5.41, 5.74) is -0.410. The minimum Gasteiger partial charge on any atom is -0.497 e. The molecule has 0 saturated heterocycles. The molecule has 0 aliphatic carbocycles. The molecule has 0 aliphatic rings. The van der Waals surface area contributed by atoms with Gasteiger partial charge in [0.15, 0.2) is 0 Å². The van der Waals surface area contributed by atoms with E-state index in [9.17, 15) is 18.0 Å². The summed E-state index contributed by atoms with van der Waals surface area (Å²) in [4.78, 5) is 12.8. The molecule has 0 saturated carbocycles. The van der Waals surface area contributed by atoms with Crippen LogP contribution in [0.4, 0.5) is 19.0 Å². The first-order valence-electron chi connectivity index (χ1n) is 8.51. The van der Waals surface area contributed by atoms with E-state index in [-0.39, 0.29) is 22.8 Å². The molecular weight excluding hydrogens is 387 g/mol. The second-order valence-electron chi connectivity index (χ2n) is 6.12. The summed E-state index contributed by atoms with van der Waals surface area (Å²) in [6.45, 7) is 1.62. The SMILES string of the molecule is COc1ccc(C(=O)Nc2cc(C)nn2-c2ccccc2C(F)(F)F)c(OC)c1. The largest absolute Gasteiger partial charge is 0.497 e. The highest BCUT2D eigenvalue weighted by Gasteiger charge is 2.34. The number of nitrogens with zero attached hydrogens (tertiary/aromatic N) is 2. The van der Waals surface area contributed by atoms with Gasteiger partial charge in [0.05, 0.1) is 36.7 Å². The molecule has 152 valence electrons. The third-order valence-corrected chi connectivity index (χ3v) is 4.16. The van der Waals surface area contributed by atoms with Crippen molar-refractivity contribution in [1.82, 2.24) is 9.78 Å². The van der Waals surface area contributed by atoms with Crippen molar-refractivity contribution in [3.8, 4) is 17.2 Å². The first-order valence-corrected chi connectivity index (χ1v) is 8.51. The Morgan fingerprint density at radius 1 is 1.07 bits per heavy atom. The van der Waals surface area contributed by atoms with E-state index in [1.54, 1.807) is 13.0 Å². The van der Waals surface area contributed by atoms with Crippen molar-refractivity contribution in [2.45, 2.75) is 13.1 Å². The second-order valence-corrected chi connectivity index (χ2v) is 6.12. The number of methoxy groups -OCH3 is 2. The molecule has 1 aromatic heterocycles. The van der Waals surface area contributed by atoms with Gasteiger partial charge in [0.1, 0.15) is 17.3 Å². The highest BCUT2D eigenvalue weighted by atomic mass is 19.4. The number of aromatic nitrogens is 2. The van der Waals surface area contributed by atoms with Crippen molar-refractivity contribution in [1.29, 1.82) is 0 Å². The highest BCUT2D eigenvalue weighted by Crippen LogP contribution is 2.35. The number of benzene rings is 2. The Hall–Kier alpha value is -3.49. The number of anilines is 1. The van der Waals surface area contributed by atoms with Crippen LogP contribution < -0.4 is 14.8 Å². The maximum atomic E-state index is 13.4. The van der Waals surface area contributed by atoms with E-state index in [0.29, 0.717) is 11.4 Å². The van der Waals surface area contributed by atoms with Crippen molar-refractivity contribution >= 4 is 11.7 Å². The number of hydrogen-bond acceptors (Lipinski definition) is 4. The maximum absolute atomic E-state index is 13.4. The Morgan fingerprint density at radius 2 is 1.79 bits per heavy atom. The minimum atomic E-state index is -4.57. The zero-order valence-electron chi connectivity index (χ0n) is 15.9. The van der Waals surface area contributed by atoms with Gasteiger partial charge < -0.3 is 14.8 Å². The molecular formula is C20H18F3N3O3. The summed E-state index contributed by atoms with van der Waals surface area (Å²) in [6, 6.07) is 11.1. The Kier molecular flexibility index (Phi) is 5.49. The molecule has 0 bridgehead atoms. The van der Waals surface area contributed by atoms with Gasteiger partial charge in [0.2, 0.25) is 0 Å². The molecule has 3 rings (SSSR count). The lowest BCUT2D eigenvalue weighted by molar-refractivity contribution is -0.137. The van der Waals surface area contributed by atoms with Gasteiger partial charge in [-0.1, -0.05) is 12.1 Å². The number of aryl methyl sites for hydroxylation is 1. The molecule has 0 unspecified atom stereocenters. The Balaban J connectivity index is 2.01. The first kappa shape index (κ1) is 20.2. The van der Waals surface area contributed by atoms with E-state index in [1.165, 1.54) is 50.6 Å². The Labute approximate surface area is 164 Å². The third kappa shape index (κ3) is 4.18. The predicted molar refractivity (Wildman–Crippen MR) is 101 cm³/mol. The average Bonchev–Trinajstić information content (AvgIpc) is 3.06. The number of alkyl halides is 3. The van der Waals surface area contributed by atoms with Gasteiger partial charge >= 0.3 is 6.18 Å². The van der Waals surface area contributed by atoms with Gasteiger partial charge in [-0.05, 0) is 31.2 Å². The molecule has 0 aliphatic heterocycles. The monoisotopic (exact) mass is 405 g/mol. The number of carbonyl (C=O) groups is 1. The molecule has 0 fully saturated rings. The quantitative estimate of drug-likeness (QED) is 0.680. The highest BCUT2D eigenvalue weighted by molar-refractivity contribution is 6.06. The van der Waals surface area contributed by atoms with Crippen LogP contribution in [0.15, 0.2) is 48.5 Å². The number of ether oxygens (including phenoxy) is 2. The lowest BCUT2D eigenvalue weighted by Gasteiger charge is -2.15. The van der Waals surface area contributed by atoms with Crippen molar-refractivity contribution in [3.05, 3.63) is 65.4 Å². The maximum Gasteiger partial charge on any atom is 0.418 e. The number of halogens is 3. The summed E-state index contributed by atoms with van der Waals surface area (Å²) in [5.74, 6) is 0.302.